The molecule has 2 rings (SSSR count). The van der Waals surface area contributed by atoms with Gasteiger partial charge < -0.3 is 14.8 Å². The van der Waals surface area contributed by atoms with Gasteiger partial charge in [0.1, 0.15) is 18.2 Å². The molecule has 0 aromatic heterocycles. The van der Waals surface area contributed by atoms with Crippen LogP contribution in [0.2, 0.25) is 10.0 Å². The lowest BCUT2D eigenvalue weighted by Crippen LogP contribution is -2.13. The van der Waals surface area contributed by atoms with E-state index in [4.69, 9.17) is 39.1 Å². The first-order valence-electron chi connectivity index (χ1n) is 8.20. The van der Waals surface area contributed by atoms with Crippen molar-refractivity contribution in [3.63, 3.8) is 0 Å². The molecule has 0 saturated heterocycles. The number of nitrogens with zero attached hydrogens (tertiary/aromatic N) is 1. The molecule has 1 N–H and O–H groups in total. The van der Waals surface area contributed by atoms with E-state index in [0.29, 0.717) is 34.4 Å². The number of carbonyl (C=O) groups excluding carboxylic acids is 1. The molecule has 0 heterocycles. The van der Waals surface area contributed by atoms with Crippen LogP contribution in [0.25, 0.3) is 6.08 Å². The molecule has 0 atom stereocenters. The third-order valence-electron chi connectivity index (χ3n) is 3.43. The van der Waals surface area contributed by atoms with E-state index in [1.165, 1.54) is 6.08 Å². The predicted octanol–water partition coefficient (Wildman–Crippen LogP) is 4.95. The van der Waals surface area contributed by atoms with Crippen molar-refractivity contribution in [1.82, 2.24) is 0 Å². The molecule has 0 aliphatic rings. The Kier molecular flexibility index (Phi) is 7.77. The molecule has 0 fully saturated rings. The van der Waals surface area contributed by atoms with Crippen LogP contribution in [0.5, 0.6) is 11.5 Å². The number of carbonyl (C=O) groups is 1. The first kappa shape index (κ1) is 21.2. The zero-order valence-corrected chi connectivity index (χ0v) is 16.5. The molecule has 2 aromatic carbocycles. The van der Waals surface area contributed by atoms with Gasteiger partial charge in [0.25, 0.3) is 5.91 Å². The summed E-state index contributed by atoms with van der Waals surface area (Å²) in [5.74, 6) is 2.42. The van der Waals surface area contributed by atoms with Crippen LogP contribution in [0.3, 0.4) is 0 Å². The average Bonchev–Trinajstić information content (AvgIpc) is 2.67. The van der Waals surface area contributed by atoms with Crippen molar-refractivity contribution in [1.29, 1.82) is 5.26 Å². The summed E-state index contributed by atoms with van der Waals surface area (Å²) in [4.78, 5) is 12.4. The van der Waals surface area contributed by atoms with Gasteiger partial charge in [0.15, 0.2) is 11.5 Å². The molecule has 0 aliphatic heterocycles. The average molecular weight is 415 g/mol. The third kappa shape index (κ3) is 5.44. The molecule has 2 aromatic rings. The number of ether oxygens (including phenoxy) is 2. The Balaban J connectivity index is 2.35. The van der Waals surface area contributed by atoms with Gasteiger partial charge in [-0.1, -0.05) is 41.3 Å². The van der Waals surface area contributed by atoms with Crippen molar-refractivity contribution in [3.8, 4) is 29.9 Å². The van der Waals surface area contributed by atoms with Gasteiger partial charge in [0.2, 0.25) is 0 Å². The first-order valence-corrected chi connectivity index (χ1v) is 8.96. The molecule has 0 bridgehead atoms. The van der Waals surface area contributed by atoms with Crippen LogP contribution in [0.4, 0.5) is 5.69 Å². The topological polar surface area (TPSA) is 71.3 Å². The maximum atomic E-state index is 12.4. The van der Waals surface area contributed by atoms with E-state index >= 15 is 0 Å². The lowest BCUT2D eigenvalue weighted by Gasteiger charge is -2.13. The minimum Gasteiger partial charge on any atom is -0.490 e. The molecule has 0 spiro atoms. The highest BCUT2D eigenvalue weighted by atomic mass is 35.5. The quantitative estimate of drug-likeness (QED) is 0.395. The second-order valence-corrected chi connectivity index (χ2v) is 6.17. The Morgan fingerprint density at radius 3 is 2.64 bits per heavy atom. The number of hydrogen-bond donors (Lipinski definition) is 1. The van der Waals surface area contributed by atoms with Crippen LogP contribution in [-0.2, 0) is 4.79 Å². The van der Waals surface area contributed by atoms with E-state index < -0.39 is 5.91 Å². The Bertz CT molecular complexity index is 988. The largest absolute Gasteiger partial charge is 0.490 e. The fourth-order valence-corrected chi connectivity index (χ4v) is 2.71. The molecule has 142 valence electrons. The van der Waals surface area contributed by atoms with E-state index in [9.17, 15) is 10.1 Å². The second kappa shape index (κ2) is 10.3. The van der Waals surface area contributed by atoms with Gasteiger partial charge in [-0.05, 0) is 42.8 Å². The summed E-state index contributed by atoms with van der Waals surface area (Å²) in [6.45, 7) is 2.20. The number of amides is 1. The summed E-state index contributed by atoms with van der Waals surface area (Å²) >= 11 is 12.3. The zero-order valence-electron chi connectivity index (χ0n) is 15.0. The predicted molar refractivity (Wildman–Crippen MR) is 111 cm³/mol. The van der Waals surface area contributed by atoms with Crippen molar-refractivity contribution in [2.45, 2.75) is 6.92 Å². The van der Waals surface area contributed by atoms with Gasteiger partial charge in [0.05, 0.1) is 22.3 Å². The third-order valence-corrected chi connectivity index (χ3v) is 4.04. The smallest absolute Gasteiger partial charge is 0.266 e. The van der Waals surface area contributed by atoms with Crippen LogP contribution >= 0.6 is 23.2 Å². The van der Waals surface area contributed by atoms with Gasteiger partial charge in [-0.15, -0.1) is 6.42 Å². The van der Waals surface area contributed by atoms with Crippen molar-refractivity contribution in [3.05, 3.63) is 57.6 Å². The number of nitriles is 1. The summed E-state index contributed by atoms with van der Waals surface area (Å²) < 4.78 is 11.0. The van der Waals surface area contributed by atoms with E-state index in [2.05, 4.69) is 11.2 Å². The van der Waals surface area contributed by atoms with Gasteiger partial charge in [-0.3, -0.25) is 4.79 Å². The number of anilines is 1. The SMILES string of the molecule is C#CCOc1c(Cl)cc(/C=C(\C#N)C(=O)Nc2ccccc2Cl)cc1OCC. The number of benzene rings is 2. The lowest BCUT2D eigenvalue weighted by molar-refractivity contribution is -0.112. The maximum absolute atomic E-state index is 12.4. The molecule has 0 radical (unpaired) electrons. The number of terminal acetylenes is 1. The highest BCUT2D eigenvalue weighted by molar-refractivity contribution is 6.34. The van der Waals surface area contributed by atoms with Crippen molar-refractivity contribution < 1.29 is 14.3 Å². The number of halogens is 2. The Morgan fingerprint density at radius 1 is 1.25 bits per heavy atom. The number of rotatable bonds is 7. The van der Waals surface area contributed by atoms with Crippen LogP contribution in [0.15, 0.2) is 42.0 Å². The number of hydrogen-bond acceptors (Lipinski definition) is 4. The molecule has 28 heavy (non-hydrogen) atoms. The Labute approximate surface area is 173 Å². The van der Waals surface area contributed by atoms with E-state index in [1.54, 1.807) is 43.3 Å². The van der Waals surface area contributed by atoms with Crippen molar-refractivity contribution in [2.75, 3.05) is 18.5 Å². The van der Waals surface area contributed by atoms with Crippen LogP contribution in [0.1, 0.15) is 12.5 Å². The highest BCUT2D eigenvalue weighted by Gasteiger charge is 2.15. The molecular weight excluding hydrogens is 399 g/mol. The summed E-state index contributed by atoms with van der Waals surface area (Å²) in [6, 6.07) is 11.8. The number of nitrogens with one attached hydrogen (secondary N) is 1. The summed E-state index contributed by atoms with van der Waals surface area (Å²) in [5, 5.41) is 12.6. The Morgan fingerprint density at radius 2 is 2.00 bits per heavy atom. The molecule has 0 saturated carbocycles. The highest BCUT2D eigenvalue weighted by Crippen LogP contribution is 2.37. The monoisotopic (exact) mass is 414 g/mol. The molecule has 0 unspecified atom stereocenters. The normalized spacial score (nSPS) is 10.5. The zero-order chi connectivity index (χ0) is 20.5. The number of para-hydroxylation sites is 1. The summed E-state index contributed by atoms with van der Waals surface area (Å²) in [6.07, 6.45) is 6.61. The van der Waals surface area contributed by atoms with Crippen LogP contribution in [0, 0.1) is 23.7 Å². The van der Waals surface area contributed by atoms with Crippen molar-refractivity contribution in [2.24, 2.45) is 0 Å². The van der Waals surface area contributed by atoms with Gasteiger partial charge in [-0.2, -0.15) is 5.26 Å². The molecule has 5 nitrogen and oxygen atoms in total. The standard InChI is InChI=1S/C21H16Cl2N2O3/c1-3-9-28-20-17(23)11-14(12-19(20)27-4-2)10-15(13-24)21(26)25-18-8-6-5-7-16(18)22/h1,5-8,10-12H,4,9H2,2H3,(H,25,26)/b15-10+. The first-order chi connectivity index (χ1) is 13.5. The van der Waals surface area contributed by atoms with Crippen molar-refractivity contribution >= 4 is 40.9 Å². The van der Waals surface area contributed by atoms with Gasteiger partial charge >= 0.3 is 0 Å². The fraction of sp³-hybridized carbons (Fsp3) is 0.143. The van der Waals surface area contributed by atoms with Crippen LogP contribution in [-0.4, -0.2) is 19.1 Å². The van der Waals surface area contributed by atoms with E-state index in [0.717, 1.165) is 0 Å². The van der Waals surface area contributed by atoms with Gasteiger partial charge in [-0.25, -0.2) is 0 Å². The minimum absolute atomic E-state index is 0.0265. The van der Waals surface area contributed by atoms with Crippen LogP contribution < -0.4 is 14.8 Å². The van der Waals surface area contributed by atoms with E-state index in [1.807, 2.05) is 6.07 Å². The molecule has 7 heteroatoms. The van der Waals surface area contributed by atoms with E-state index in [-0.39, 0.29) is 17.2 Å². The Hall–Kier alpha value is -3.12. The molecular formula is C21H16Cl2N2O3. The minimum atomic E-state index is -0.600. The van der Waals surface area contributed by atoms with Gasteiger partial charge in [0, 0.05) is 0 Å². The second-order valence-electron chi connectivity index (χ2n) is 5.36. The summed E-state index contributed by atoms with van der Waals surface area (Å²) in [5.41, 5.74) is 0.768. The molecule has 0 aliphatic carbocycles. The fourth-order valence-electron chi connectivity index (χ4n) is 2.26. The molecule has 1 amide bonds. The summed E-state index contributed by atoms with van der Waals surface area (Å²) in [7, 11) is 0. The lowest BCUT2D eigenvalue weighted by atomic mass is 10.1. The maximum Gasteiger partial charge on any atom is 0.266 e.